The Labute approximate surface area is 101 Å². The highest BCUT2D eigenvalue weighted by Crippen LogP contribution is 2.31. The summed E-state index contributed by atoms with van der Waals surface area (Å²) in [4.78, 5) is 0. The minimum absolute atomic E-state index is 0.154. The number of rotatable bonds is 3. The number of halogens is 1. The Bertz CT molecular complexity index is 351. The first-order chi connectivity index (χ1) is 6.81. The highest BCUT2D eigenvalue weighted by Gasteiger charge is 2.27. The summed E-state index contributed by atoms with van der Waals surface area (Å²) < 4.78 is 2.12. The van der Waals surface area contributed by atoms with Gasteiger partial charge in [0.25, 0.3) is 0 Å². The van der Waals surface area contributed by atoms with Gasteiger partial charge in [0, 0.05) is 28.0 Å². The predicted molar refractivity (Wildman–Crippen MR) is 68.9 cm³/mol. The van der Waals surface area contributed by atoms with Gasteiger partial charge in [-0.1, -0.05) is 29.8 Å². The van der Waals surface area contributed by atoms with E-state index in [0.717, 1.165) is 11.0 Å². The molecular formula is C12H21BrN2. The van der Waals surface area contributed by atoms with Gasteiger partial charge in [0.1, 0.15) is 0 Å². The van der Waals surface area contributed by atoms with Gasteiger partial charge in [-0.05, 0) is 27.7 Å². The van der Waals surface area contributed by atoms with E-state index in [2.05, 4.69) is 67.3 Å². The van der Waals surface area contributed by atoms with Crippen molar-refractivity contribution in [2.24, 2.45) is 0 Å². The molecule has 0 unspecified atom stereocenters. The van der Waals surface area contributed by atoms with Crippen LogP contribution in [0.15, 0.2) is 0 Å². The third-order valence-corrected chi connectivity index (χ3v) is 4.23. The van der Waals surface area contributed by atoms with E-state index in [1.165, 1.54) is 11.3 Å². The summed E-state index contributed by atoms with van der Waals surface area (Å²) in [5.74, 6) is 0. The van der Waals surface area contributed by atoms with Crippen molar-refractivity contribution in [3.63, 3.8) is 0 Å². The van der Waals surface area contributed by atoms with Gasteiger partial charge in [-0.25, -0.2) is 0 Å². The predicted octanol–water partition coefficient (Wildman–Crippen LogP) is 3.75. The molecule has 0 aliphatic rings. The van der Waals surface area contributed by atoms with Crippen molar-refractivity contribution < 1.29 is 0 Å². The second-order valence-electron chi connectivity index (χ2n) is 5.10. The van der Waals surface area contributed by atoms with Gasteiger partial charge in [-0.15, -0.1) is 0 Å². The van der Waals surface area contributed by atoms with E-state index < -0.39 is 0 Å². The van der Waals surface area contributed by atoms with E-state index >= 15 is 0 Å². The topological polar surface area (TPSA) is 17.8 Å². The Hall–Kier alpha value is -0.310. The van der Waals surface area contributed by atoms with Crippen molar-refractivity contribution >= 4 is 15.9 Å². The van der Waals surface area contributed by atoms with Crippen LogP contribution in [-0.4, -0.2) is 15.1 Å². The summed E-state index contributed by atoms with van der Waals surface area (Å²) in [6, 6.07) is 0.434. The van der Waals surface area contributed by atoms with Gasteiger partial charge >= 0.3 is 0 Å². The average Bonchev–Trinajstić information content (AvgIpc) is 2.42. The molecule has 0 spiro atoms. The lowest BCUT2D eigenvalue weighted by molar-refractivity contribution is 0.512. The van der Waals surface area contributed by atoms with Crippen LogP contribution in [0, 0.1) is 13.8 Å². The lowest BCUT2D eigenvalue weighted by atomic mass is 9.85. The first kappa shape index (κ1) is 12.8. The summed E-state index contributed by atoms with van der Waals surface area (Å²) in [5.41, 5.74) is 3.99. The molecule has 0 aliphatic heterocycles. The maximum atomic E-state index is 4.62. The molecule has 0 aromatic carbocycles. The fourth-order valence-electron chi connectivity index (χ4n) is 2.21. The van der Waals surface area contributed by atoms with Crippen LogP contribution in [0.25, 0.3) is 0 Å². The Morgan fingerprint density at radius 2 is 1.87 bits per heavy atom. The average molecular weight is 273 g/mol. The van der Waals surface area contributed by atoms with E-state index in [0.29, 0.717) is 6.04 Å². The number of hydrogen-bond donors (Lipinski definition) is 0. The molecule has 1 rings (SSSR count). The third kappa shape index (κ3) is 2.27. The van der Waals surface area contributed by atoms with Crippen molar-refractivity contribution in [3.8, 4) is 0 Å². The summed E-state index contributed by atoms with van der Waals surface area (Å²) in [5, 5.41) is 5.58. The van der Waals surface area contributed by atoms with Crippen LogP contribution in [0.5, 0.6) is 0 Å². The van der Waals surface area contributed by atoms with Gasteiger partial charge in [0.05, 0.1) is 5.69 Å². The minimum atomic E-state index is 0.154. The fraction of sp³-hybridized carbons (Fsp3) is 0.750. The SMILES string of the molecule is Cc1nn(C(C)C)c(C)c1C(C)(C)CBr. The first-order valence-electron chi connectivity index (χ1n) is 5.43. The van der Waals surface area contributed by atoms with E-state index in [9.17, 15) is 0 Å². The van der Waals surface area contributed by atoms with Gasteiger partial charge in [-0.2, -0.15) is 5.10 Å². The maximum Gasteiger partial charge on any atom is 0.0634 e. The molecule has 15 heavy (non-hydrogen) atoms. The smallest absolute Gasteiger partial charge is 0.0634 e. The van der Waals surface area contributed by atoms with Crippen molar-refractivity contribution in [3.05, 3.63) is 17.0 Å². The molecule has 0 aliphatic carbocycles. The van der Waals surface area contributed by atoms with Gasteiger partial charge in [-0.3, -0.25) is 4.68 Å². The van der Waals surface area contributed by atoms with Crippen LogP contribution in [-0.2, 0) is 5.41 Å². The Kier molecular flexibility index (Phi) is 3.64. The van der Waals surface area contributed by atoms with Crippen molar-refractivity contribution in [1.82, 2.24) is 9.78 Å². The Morgan fingerprint density at radius 3 is 2.20 bits per heavy atom. The molecular weight excluding hydrogens is 252 g/mol. The summed E-state index contributed by atoms with van der Waals surface area (Å²) >= 11 is 3.59. The van der Waals surface area contributed by atoms with Crippen molar-refractivity contribution in [2.75, 3.05) is 5.33 Å². The number of hydrogen-bond acceptors (Lipinski definition) is 1. The van der Waals surface area contributed by atoms with E-state index in [1.54, 1.807) is 0 Å². The Morgan fingerprint density at radius 1 is 1.33 bits per heavy atom. The molecule has 0 N–H and O–H groups in total. The highest BCUT2D eigenvalue weighted by molar-refractivity contribution is 9.09. The quantitative estimate of drug-likeness (QED) is 0.767. The van der Waals surface area contributed by atoms with Gasteiger partial charge in [0.15, 0.2) is 0 Å². The molecule has 86 valence electrons. The van der Waals surface area contributed by atoms with Crippen LogP contribution in [0.4, 0.5) is 0 Å². The van der Waals surface area contributed by atoms with Gasteiger partial charge in [0.2, 0.25) is 0 Å². The molecule has 3 heteroatoms. The van der Waals surface area contributed by atoms with E-state index in [1.807, 2.05) is 0 Å². The largest absolute Gasteiger partial charge is 0.267 e. The second-order valence-corrected chi connectivity index (χ2v) is 5.66. The molecule has 1 aromatic heterocycles. The molecule has 1 heterocycles. The molecule has 0 atom stereocenters. The lowest BCUT2D eigenvalue weighted by Gasteiger charge is -2.23. The van der Waals surface area contributed by atoms with E-state index in [4.69, 9.17) is 0 Å². The zero-order valence-corrected chi connectivity index (χ0v) is 12.1. The zero-order chi connectivity index (χ0) is 11.8. The Balaban J connectivity index is 3.31. The van der Waals surface area contributed by atoms with Crippen LogP contribution in [0.1, 0.15) is 50.7 Å². The molecule has 0 amide bonds. The fourth-order valence-corrected chi connectivity index (χ4v) is 2.49. The number of aryl methyl sites for hydroxylation is 1. The molecule has 2 nitrogen and oxygen atoms in total. The normalized spacial score (nSPS) is 12.5. The second kappa shape index (κ2) is 4.28. The van der Waals surface area contributed by atoms with Crippen LogP contribution >= 0.6 is 15.9 Å². The molecule has 0 saturated heterocycles. The van der Waals surface area contributed by atoms with Crippen LogP contribution < -0.4 is 0 Å². The zero-order valence-electron chi connectivity index (χ0n) is 10.6. The standard InChI is InChI=1S/C12H21BrN2/c1-8(2)15-10(4)11(9(3)14-15)12(5,6)7-13/h8H,7H2,1-6H3. The van der Waals surface area contributed by atoms with E-state index in [-0.39, 0.29) is 5.41 Å². The molecule has 0 saturated carbocycles. The van der Waals surface area contributed by atoms with Gasteiger partial charge < -0.3 is 0 Å². The molecule has 0 radical (unpaired) electrons. The summed E-state index contributed by atoms with van der Waals surface area (Å²) in [6.07, 6.45) is 0. The summed E-state index contributed by atoms with van der Waals surface area (Å²) in [6.45, 7) is 13.1. The molecule has 0 bridgehead atoms. The monoisotopic (exact) mass is 272 g/mol. The van der Waals surface area contributed by atoms with Crippen LogP contribution in [0.3, 0.4) is 0 Å². The van der Waals surface area contributed by atoms with Crippen LogP contribution in [0.2, 0.25) is 0 Å². The first-order valence-corrected chi connectivity index (χ1v) is 6.55. The number of aromatic nitrogens is 2. The molecule has 1 aromatic rings. The van der Waals surface area contributed by atoms with Crippen molar-refractivity contribution in [2.45, 2.75) is 53.0 Å². The minimum Gasteiger partial charge on any atom is -0.267 e. The lowest BCUT2D eigenvalue weighted by Crippen LogP contribution is -2.21. The number of alkyl halides is 1. The van der Waals surface area contributed by atoms with Crippen molar-refractivity contribution in [1.29, 1.82) is 0 Å². The number of nitrogens with zero attached hydrogens (tertiary/aromatic N) is 2. The highest BCUT2D eigenvalue weighted by atomic mass is 79.9. The maximum absolute atomic E-state index is 4.62. The third-order valence-electron chi connectivity index (χ3n) is 2.82. The molecule has 0 fully saturated rings. The summed E-state index contributed by atoms with van der Waals surface area (Å²) in [7, 11) is 0.